The molecule has 1 rings (SSSR count). The van der Waals surface area contributed by atoms with E-state index in [1.54, 1.807) is 0 Å². The molecule has 1 aliphatic rings. The van der Waals surface area contributed by atoms with Crippen LogP contribution in [-0.4, -0.2) is 23.8 Å². The zero-order valence-electron chi connectivity index (χ0n) is 12.3. The second-order valence-corrected chi connectivity index (χ2v) is 4.38. The Balaban J connectivity index is 0.00000121. The quantitative estimate of drug-likeness (QED) is 0.645. The van der Waals surface area contributed by atoms with Gasteiger partial charge in [-0.15, -0.1) is 0 Å². The zero-order chi connectivity index (χ0) is 13.1. The molecular weight excluding hydrogens is 208 g/mol. The molecule has 1 heterocycles. The molecule has 0 aliphatic carbocycles. The number of hydrogen-bond acceptors (Lipinski definition) is 2. The summed E-state index contributed by atoms with van der Waals surface area (Å²) >= 11 is 0. The van der Waals surface area contributed by atoms with Crippen LogP contribution >= 0.6 is 0 Å². The van der Waals surface area contributed by atoms with Gasteiger partial charge in [-0.05, 0) is 44.6 Å². The fraction of sp³-hybridized carbons (Fsp3) is 0.800. The third-order valence-electron chi connectivity index (χ3n) is 3.25. The van der Waals surface area contributed by atoms with Crippen molar-refractivity contribution in [2.45, 2.75) is 66.3 Å². The van der Waals surface area contributed by atoms with E-state index in [0.29, 0.717) is 12.0 Å². The number of hydrogen-bond donors (Lipinski definition) is 0. The first-order valence-corrected chi connectivity index (χ1v) is 7.25. The molecule has 0 radical (unpaired) electrons. The number of rotatable bonds is 5. The van der Waals surface area contributed by atoms with E-state index < -0.39 is 0 Å². The van der Waals surface area contributed by atoms with Crippen molar-refractivity contribution in [2.75, 3.05) is 6.54 Å². The van der Waals surface area contributed by atoms with Gasteiger partial charge in [0.05, 0.1) is 0 Å². The molecule has 0 aromatic heterocycles. The van der Waals surface area contributed by atoms with Crippen molar-refractivity contribution in [3.8, 4) is 0 Å². The van der Waals surface area contributed by atoms with Crippen LogP contribution in [0.15, 0.2) is 17.3 Å². The van der Waals surface area contributed by atoms with Crippen molar-refractivity contribution in [1.29, 1.82) is 0 Å². The van der Waals surface area contributed by atoms with E-state index in [4.69, 9.17) is 0 Å². The minimum atomic E-state index is 0.628. The van der Waals surface area contributed by atoms with Crippen LogP contribution < -0.4 is 0 Å². The van der Waals surface area contributed by atoms with Gasteiger partial charge in [0.25, 0.3) is 0 Å². The smallest absolute Gasteiger partial charge is 0.0467 e. The van der Waals surface area contributed by atoms with Crippen molar-refractivity contribution >= 4 is 6.21 Å². The summed E-state index contributed by atoms with van der Waals surface area (Å²) in [5.41, 5.74) is 0. The van der Waals surface area contributed by atoms with E-state index in [1.807, 2.05) is 20.1 Å². The molecule has 100 valence electrons. The number of allylic oxidation sites excluding steroid dienone is 2. The Hall–Kier alpha value is -0.790. The molecule has 0 bridgehead atoms. The first kappa shape index (κ1) is 16.2. The highest BCUT2D eigenvalue weighted by Gasteiger charge is 2.17. The van der Waals surface area contributed by atoms with Crippen molar-refractivity contribution in [3.63, 3.8) is 0 Å². The summed E-state index contributed by atoms with van der Waals surface area (Å²) < 4.78 is 0. The van der Waals surface area contributed by atoms with Crippen LogP contribution in [0.25, 0.3) is 0 Å². The SMILES string of the molecule is CC.CCC(/C=C/C=N/N1CCCC1C)CC. The van der Waals surface area contributed by atoms with Crippen LogP contribution in [0.2, 0.25) is 0 Å². The number of hydrazone groups is 1. The predicted molar refractivity (Wildman–Crippen MR) is 78.5 cm³/mol. The summed E-state index contributed by atoms with van der Waals surface area (Å²) in [6.45, 7) is 11.8. The van der Waals surface area contributed by atoms with Gasteiger partial charge in [-0.1, -0.05) is 33.8 Å². The molecular formula is C15H30N2. The fourth-order valence-electron chi connectivity index (χ4n) is 1.98. The molecule has 0 aromatic carbocycles. The molecule has 2 nitrogen and oxygen atoms in total. The van der Waals surface area contributed by atoms with Crippen molar-refractivity contribution < 1.29 is 0 Å². The predicted octanol–water partition coefficient (Wildman–Crippen LogP) is 4.48. The van der Waals surface area contributed by atoms with Crippen LogP contribution in [-0.2, 0) is 0 Å². The Morgan fingerprint density at radius 1 is 1.29 bits per heavy atom. The molecule has 0 saturated carbocycles. The monoisotopic (exact) mass is 238 g/mol. The minimum Gasteiger partial charge on any atom is -0.294 e. The van der Waals surface area contributed by atoms with Gasteiger partial charge in [-0.25, -0.2) is 0 Å². The summed E-state index contributed by atoms with van der Waals surface area (Å²) in [6.07, 6.45) is 11.3. The molecule has 0 aromatic rings. The summed E-state index contributed by atoms with van der Waals surface area (Å²) in [6, 6.07) is 0.628. The maximum absolute atomic E-state index is 4.47. The fourth-order valence-corrected chi connectivity index (χ4v) is 1.98. The molecule has 0 N–H and O–H groups in total. The van der Waals surface area contributed by atoms with Crippen molar-refractivity contribution in [2.24, 2.45) is 11.0 Å². The minimum absolute atomic E-state index is 0.628. The Bertz CT molecular complexity index is 217. The van der Waals surface area contributed by atoms with Crippen molar-refractivity contribution in [3.05, 3.63) is 12.2 Å². The van der Waals surface area contributed by atoms with E-state index in [0.717, 1.165) is 6.54 Å². The topological polar surface area (TPSA) is 15.6 Å². The second kappa shape index (κ2) is 10.4. The van der Waals surface area contributed by atoms with Gasteiger partial charge in [-0.3, -0.25) is 5.01 Å². The van der Waals surface area contributed by atoms with E-state index in [-0.39, 0.29) is 0 Å². The van der Waals surface area contributed by atoms with Gasteiger partial charge in [0, 0.05) is 18.8 Å². The van der Waals surface area contributed by atoms with Crippen molar-refractivity contribution in [1.82, 2.24) is 5.01 Å². The summed E-state index contributed by atoms with van der Waals surface area (Å²) in [4.78, 5) is 0. The largest absolute Gasteiger partial charge is 0.294 e. The zero-order valence-corrected chi connectivity index (χ0v) is 12.3. The van der Waals surface area contributed by atoms with E-state index in [9.17, 15) is 0 Å². The van der Waals surface area contributed by atoms with Crippen LogP contribution in [0, 0.1) is 5.92 Å². The second-order valence-electron chi connectivity index (χ2n) is 4.38. The lowest BCUT2D eigenvalue weighted by molar-refractivity contribution is 0.285. The lowest BCUT2D eigenvalue weighted by atomic mass is 10.0. The normalized spacial score (nSPS) is 20.4. The van der Waals surface area contributed by atoms with Gasteiger partial charge in [0.2, 0.25) is 0 Å². The van der Waals surface area contributed by atoms with Gasteiger partial charge in [-0.2, -0.15) is 5.10 Å². The van der Waals surface area contributed by atoms with E-state index >= 15 is 0 Å². The highest BCUT2D eigenvalue weighted by Crippen LogP contribution is 2.15. The first-order valence-electron chi connectivity index (χ1n) is 7.25. The molecule has 1 fully saturated rings. The average Bonchev–Trinajstić information content (AvgIpc) is 2.78. The summed E-state index contributed by atoms with van der Waals surface area (Å²) in [5.74, 6) is 0.715. The third kappa shape index (κ3) is 6.50. The molecule has 1 unspecified atom stereocenters. The highest BCUT2D eigenvalue weighted by molar-refractivity contribution is 5.70. The Kier molecular flexibility index (Phi) is 9.89. The maximum atomic E-state index is 4.47. The van der Waals surface area contributed by atoms with Gasteiger partial charge >= 0.3 is 0 Å². The lowest BCUT2D eigenvalue weighted by Gasteiger charge is -2.16. The standard InChI is InChI=1S/C13H24N2.C2H6/c1-4-13(5-2)9-6-10-14-15-11-7-8-12(15)3;1-2/h6,9-10,12-13H,4-5,7-8,11H2,1-3H3;1-2H3/b9-6+,14-10+;. The first-order chi connectivity index (χ1) is 8.27. The highest BCUT2D eigenvalue weighted by atomic mass is 15.5. The van der Waals surface area contributed by atoms with Gasteiger partial charge in [0.1, 0.15) is 0 Å². The maximum Gasteiger partial charge on any atom is 0.0467 e. The lowest BCUT2D eigenvalue weighted by Crippen LogP contribution is -2.20. The van der Waals surface area contributed by atoms with Crippen LogP contribution in [0.1, 0.15) is 60.3 Å². The molecule has 1 atom stereocenters. The Morgan fingerprint density at radius 3 is 2.41 bits per heavy atom. The summed E-state index contributed by atoms with van der Waals surface area (Å²) in [7, 11) is 0. The van der Waals surface area contributed by atoms with Gasteiger partial charge < -0.3 is 0 Å². The van der Waals surface area contributed by atoms with Crippen LogP contribution in [0.3, 0.4) is 0 Å². The molecule has 1 saturated heterocycles. The van der Waals surface area contributed by atoms with E-state index in [1.165, 1.54) is 25.7 Å². The molecule has 0 spiro atoms. The third-order valence-corrected chi connectivity index (χ3v) is 3.25. The average molecular weight is 238 g/mol. The van der Waals surface area contributed by atoms with Crippen LogP contribution in [0.5, 0.6) is 0 Å². The molecule has 17 heavy (non-hydrogen) atoms. The Morgan fingerprint density at radius 2 is 1.94 bits per heavy atom. The molecule has 1 aliphatic heterocycles. The molecule has 2 heteroatoms. The Labute approximate surface area is 108 Å². The van der Waals surface area contributed by atoms with E-state index in [2.05, 4.69) is 43.0 Å². The molecule has 0 amide bonds. The van der Waals surface area contributed by atoms with Gasteiger partial charge in [0.15, 0.2) is 0 Å². The number of nitrogens with zero attached hydrogens (tertiary/aromatic N) is 2. The van der Waals surface area contributed by atoms with Crippen LogP contribution in [0.4, 0.5) is 0 Å². The summed E-state index contributed by atoms with van der Waals surface area (Å²) in [5, 5.41) is 6.66.